The number of nitrogens with zero attached hydrogens (tertiary/aromatic N) is 3. The number of nitrogens with one attached hydrogen (secondary N) is 2. The Labute approximate surface area is 164 Å². The van der Waals surface area contributed by atoms with Gasteiger partial charge in [0.05, 0.1) is 27.0 Å². The van der Waals surface area contributed by atoms with Crippen molar-refractivity contribution < 1.29 is 19.0 Å². The van der Waals surface area contributed by atoms with Crippen molar-refractivity contribution in [2.45, 2.75) is 18.9 Å². The zero-order valence-corrected chi connectivity index (χ0v) is 16.3. The summed E-state index contributed by atoms with van der Waals surface area (Å²) in [6.07, 6.45) is 5.28. The second-order valence-electron chi connectivity index (χ2n) is 6.35. The van der Waals surface area contributed by atoms with Crippen molar-refractivity contribution in [2.75, 3.05) is 44.6 Å². The van der Waals surface area contributed by atoms with Crippen LogP contribution in [-0.2, 0) is 0 Å². The summed E-state index contributed by atoms with van der Waals surface area (Å²) in [5.74, 6) is 2.10. The van der Waals surface area contributed by atoms with Gasteiger partial charge < -0.3 is 29.7 Å². The number of aromatic nitrogens is 2. The molecule has 0 radical (unpaired) electrons. The molecule has 1 aromatic carbocycles. The molecule has 9 nitrogen and oxygen atoms in total. The number of rotatable bonds is 6. The van der Waals surface area contributed by atoms with E-state index in [0.29, 0.717) is 35.4 Å². The van der Waals surface area contributed by atoms with Crippen molar-refractivity contribution in [2.24, 2.45) is 0 Å². The highest BCUT2D eigenvalue weighted by molar-refractivity contribution is 5.90. The van der Waals surface area contributed by atoms with E-state index in [2.05, 4.69) is 25.5 Å². The standard InChI is InChI=1S/C19H25N5O4/c1-26-15-10-14(11-16(27-2)17(15)28-3)23-19(25)22-13-6-4-9-24(12-13)18-20-7-5-8-21-18/h5,7-8,10-11,13H,4,6,9,12H2,1-3H3,(H2,22,23,25). The molecular formula is C19H25N5O4. The summed E-state index contributed by atoms with van der Waals surface area (Å²) in [5.41, 5.74) is 0.547. The maximum absolute atomic E-state index is 12.5. The summed E-state index contributed by atoms with van der Waals surface area (Å²) < 4.78 is 15.9. The highest BCUT2D eigenvalue weighted by atomic mass is 16.5. The fourth-order valence-electron chi connectivity index (χ4n) is 3.24. The number of carbonyl (C=O) groups is 1. The molecule has 0 saturated carbocycles. The average Bonchev–Trinajstić information content (AvgIpc) is 2.73. The molecule has 0 bridgehead atoms. The summed E-state index contributed by atoms with van der Waals surface area (Å²) in [5, 5.41) is 5.84. The van der Waals surface area contributed by atoms with E-state index in [-0.39, 0.29) is 12.1 Å². The Morgan fingerprint density at radius 2 is 1.79 bits per heavy atom. The first kappa shape index (κ1) is 19.5. The van der Waals surface area contributed by atoms with Crippen molar-refractivity contribution in [1.29, 1.82) is 0 Å². The van der Waals surface area contributed by atoms with Gasteiger partial charge in [-0.25, -0.2) is 14.8 Å². The van der Waals surface area contributed by atoms with Crippen molar-refractivity contribution in [3.63, 3.8) is 0 Å². The summed E-state index contributed by atoms with van der Waals surface area (Å²) in [6, 6.07) is 4.86. The maximum Gasteiger partial charge on any atom is 0.319 e. The zero-order valence-electron chi connectivity index (χ0n) is 16.3. The molecular weight excluding hydrogens is 362 g/mol. The van der Waals surface area contributed by atoms with Crippen molar-refractivity contribution in [3.05, 3.63) is 30.6 Å². The van der Waals surface area contributed by atoms with E-state index in [4.69, 9.17) is 14.2 Å². The predicted molar refractivity (Wildman–Crippen MR) is 106 cm³/mol. The van der Waals surface area contributed by atoms with E-state index in [1.54, 1.807) is 30.6 Å². The molecule has 2 N–H and O–H groups in total. The van der Waals surface area contributed by atoms with Gasteiger partial charge in [-0.05, 0) is 18.9 Å². The van der Waals surface area contributed by atoms with Crippen LogP contribution in [0.5, 0.6) is 17.2 Å². The Balaban J connectivity index is 1.64. The number of urea groups is 1. The fourth-order valence-corrected chi connectivity index (χ4v) is 3.24. The van der Waals surface area contributed by atoms with Gasteiger partial charge in [0.2, 0.25) is 11.7 Å². The molecule has 1 unspecified atom stereocenters. The molecule has 1 fully saturated rings. The second-order valence-corrected chi connectivity index (χ2v) is 6.35. The Kier molecular flexibility index (Phi) is 6.36. The van der Waals surface area contributed by atoms with Crippen molar-refractivity contribution >= 4 is 17.7 Å². The molecule has 0 aliphatic carbocycles. The largest absolute Gasteiger partial charge is 0.493 e. The molecule has 9 heteroatoms. The highest BCUT2D eigenvalue weighted by Crippen LogP contribution is 2.39. The van der Waals surface area contributed by atoms with E-state index in [0.717, 1.165) is 19.4 Å². The molecule has 150 valence electrons. The first-order valence-corrected chi connectivity index (χ1v) is 9.04. The third-order valence-electron chi connectivity index (χ3n) is 4.51. The first-order chi connectivity index (χ1) is 13.6. The van der Waals surface area contributed by atoms with Gasteiger partial charge in [-0.2, -0.15) is 0 Å². The molecule has 1 aromatic heterocycles. The third-order valence-corrected chi connectivity index (χ3v) is 4.51. The molecule has 1 atom stereocenters. The lowest BCUT2D eigenvalue weighted by atomic mass is 10.1. The number of anilines is 2. The Morgan fingerprint density at radius 1 is 1.11 bits per heavy atom. The number of carbonyl (C=O) groups excluding carboxylic acids is 1. The lowest BCUT2D eigenvalue weighted by Gasteiger charge is -2.33. The summed E-state index contributed by atoms with van der Waals surface area (Å²) >= 11 is 0. The minimum Gasteiger partial charge on any atom is -0.493 e. The van der Waals surface area contributed by atoms with Gasteiger partial charge in [-0.1, -0.05) is 0 Å². The van der Waals surface area contributed by atoms with Crippen LogP contribution in [0.2, 0.25) is 0 Å². The molecule has 2 heterocycles. The maximum atomic E-state index is 12.5. The van der Waals surface area contributed by atoms with Gasteiger partial charge in [-0.3, -0.25) is 0 Å². The molecule has 2 amide bonds. The molecule has 1 aliphatic rings. The lowest BCUT2D eigenvalue weighted by molar-refractivity contribution is 0.246. The molecule has 0 spiro atoms. The molecule has 3 rings (SSSR count). The van der Waals surface area contributed by atoms with Crippen LogP contribution in [0.15, 0.2) is 30.6 Å². The number of benzene rings is 1. The Bertz CT molecular complexity index is 777. The van der Waals surface area contributed by atoms with Crippen LogP contribution >= 0.6 is 0 Å². The number of ether oxygens (including phenoxy) is 3. The van der Waals surface area contributed by atoms with Gasteiger partial charge >= 0.3 is 6.03 Å². The SMILES string of the molecule is COc1cc(NC(=O)NC2CCCN(c3ncccn3)C2)cc(OC)c1OC. The topological polar surface area (TPSA) is 97.8 Å². The molecule has 1 aliphatic heterocycles. The smallest absolute Gasteiger partial charge is 0.319 e. The normalized spacial score (nSPS) is 16.2. The third kappa shape index (κ3) is 4.54. The van der Waals surface area contributed by atoms with Crippen LogP contribution in [0, 0.1) is 0 Å². The highest BCUT2D eigenvalue weighted by Gasteiger charge is 2.23. The first-order valence-electron chi connectivity index (χ1n) is 9.04. The lowest BCUT2D eigenvalue weighted by Crippen LogP contribution is -2.49. The Morgan fingerprint density at radius 3 is 2.39 bits per heavy atom. The number of piperidine rings is 1. The molecule has 28 heavy (non-hydrogen) atoms. The van der Waals surface area contributed by atoms with Crippen LogP contribution in [0.1, 0.15) is 12.8 Å². The second kappa shape index (κ2) is 9.12. The van der Waals surface area contributed by atoms with Crippen LogP contribution < -0.4 is 29.7 Å². The van der Waals surface area contributed by atoms with Crippen LogP contribution in [0.25, 0.3) is 0 Å². The fraction of sp³-hybridized carbons (Fsp3) is 0.421. The zero-order chi connectivity index (χ0) is 19.9. The number of hydrogen-bond donors (Lipinski definition) is 2. The van der Waals surface area contributed by atoms with E-state index < -0.39 is 0 Å². The van der Waals surface area contributed by atoms with E-state index in [1.807, 2.05) is 0 Å². The van der Waals surface area contributed by atoms with E-state index in [1.165, 1.54) is 21.3 Å². The van der Waals surface area contributed by atoms with Crippen LogP contribution in [0.3, 0.4) is 0 Å². The summed E-state index contributed by atoms with van der Waals surface area (Å²) in [7, 11) is 4.60. The predicted octanol–water partition coefficient (Wildman–Crippen LogP) is 2.29. The minimum atomic E-state index is -0.296. The van der Waals surface area contributed by atoms with Gasteiger partial charge in [0.1, 0.15) is 0 Å². The van der Waals surface area contributed by atoms with Crippen molar-refractivity contribution in [1.82, 2.24) is 15.3 Å². The number of amides is 2. The van der Waals surface area contributed by atoms with Crippen LogP contribution in [0.4, 0.5) is 16.4 Å². The molecule has 2 aromatic rings. The Hall–Kier alpha value is -3.23. The average molecular weight is 387 g/mol. The quantitative estimate of drug-likeness (QED) is 0.785. The van der Waals surface area contributed by atoms with Gasteiger partial charge in [0, 0.05) is 43.7 Å². The summed E-state index contributed by atoms with van der Waals surface area (Å²) in [4.78, 5) is 23.1. The van der Waals surface area contributed by atoms with Crippen LogP contribution in [-0.4, -0.2) is 56.5 Å². The van der Waals surface area contributed by atoms with Gasteiger partial charge in [0.15, 0.2) is 11.5 Å². The molecule has 1 saturated heterocycles. The van der Waals surface area contributed by atoms with E-state index in [9.17, 15) is 4.79 Å². The number of hydrogen-bond acceptors (Lipinski definition) is 7. The minimum absolute atomic E-state index is 0.000374. The van der Waals surface area contributed by atoms with Crippen molar-refractivity contribution in [3.8, 4) is 17.2 Å². The van der Waals surface area contributed by atoms with Gasteiger partial charge in [0.25, 0.3) is 0 Å². The van der Waals surface area contributed by atoms with Gasteiger partial charge in [-0.15, -0.1) is 0 Å². The van der Waals surface area contributed by atoms with E-state index >= 15 is 0 Å². The monoisotopic (exact) mass is 387 g/mol. The summed E-state index contributed by atoms with van der Waals surface area (Å²) in [6.45, 7) is 1.53. The number of methoxy groups -OCH3 is 3.